The summed E-state index contributed by atoms with van der Waals surface area (Å²) in [5, 5.41) is 5.90. The van der Waals surface area contributed by atoms with Gasteiger partial charge in [-0.2, -0.15) is 0 Å². The molecule has 2 aliphatic carbocycles. The molecule has 302 valence electrons. The molecule has 0 fully saturated rings. The molecule has 0 spiro atoms. The number of fused-ring (bicyclic) bond motifs is 4. The molecule has 0 radical (unpaired) electrons. The third-order valence-corrected chi connectivity index (χ3v) is 11.9. The Morgan fingerprint density at radius 2 is 0.783 bits per heavy atom. The average molecular weight is 845 g/mol. The minimum Gasteiger partial charge on any atom is -0.744 e. The summed E-state index contributed by atoms with van der Waals surface area (Å²) in [4.78, 5) is 53.0. The predicted molar refractivity (Wildman–Crippen MR) is 216 cm³/mol. The number of carbonyl (C=O) groups excluding carboxylic acids is 4. The van der Waals surface area contributed by atoms with E-state index in [1.165, 1.54) is 62.8 Å². The van der Waals surface area contributed by atoms with E-state index in [2.05, 4.69) is 10.6 Å². The van der Waals surface area contributed by atoms with E-state index in [-0.39, 0.29) is 67.6 Å². The van der Waals surface area contributed by atoms with Crippen LogP contribution in [0.5, 0.6) is 11.5 Å². The van der Waals surface area contributed by atoms with Gasteiger partial charge >= 0.3 is 0 Å². The molecule has 16 nitrogen and oxygen atoms in total. The van der Waals surface area contributed by atoms with Gasteiger partial charge in [-0.05, 0) is 36.4 Å². The lowest BCUT2D eigenvalue weighted by molar-refractivity contribution is 0.0980. The van der Waals surface area contributed by atoms with Crippen LogP contribution >= 0.6 is 0 Å². The topological polar surface area (TPSA) is 277 Å². The minimum absolute atomic E-state index is 0.00312. The zero-order valence-corrected chi connectivity index (χ0v) is 32.7. The van der Waals surface area contributed by atoms with Gasteiger partial charge in [0.25, 0.3) is 0 Å². The highest BCUT2D eigenvalue weighted by Gasteiger charge is 2.37. The molecule has 2 aliphatic rings. The van der Waals surface area contributed by atoms with Crippen LogP contribution in [0.25, 0.3) is 11.1 Å². The summed E-state index contributed by atoms with van der Waals surface area (Å²) >= 11 is 0. The van der Waals surface area contributed by atoms with E-state index in [9.17, 15) is 45.1 Å². The number of methoxy groups -OCH3 is 2. The van der Waals surface area contributed by atoms with Gasteiger partial charge in [0.1, 0.15) is 31.7 Å². The largest absolute Gasteiger partial charge is 0.744 e. The van der Waals surface area contributed by atoms with E-state index in [4.69, 9.17) is 20.9 Å². The third kappa shape index (κ3) is 6.30. The smallest absolute Gasteiger partial charge is 0.196 e. The number of hydrogen-bond donors (Lipinski definition) is 4. The van der Waals surface area contributed by atoms with Gasteiger partial charge in [0.15, 0.2) is 23.1 Å². The number of nitrogens with one attached hydrogen (secondary N) is 2. The number of ether oxygens (including phenoxy) is 2. The Hall–Kier alpha value is -7.38. The molecule has 0 heterocycles. The van der Waals surface area contributed by atoms with E-state index < -0.39 is 75.7 Å². The second-order valence-electron chi connectivity index (χ2n) is 13.6. The number of rotatable bonds is 9. The fraction of sp³-hybridized carbons (Fsp3) is 0.0476. The molecule has 0 unspecified atom stereocenters. The molecule has 6 N–H and O–H groups in total. The van der Waals surface area contributed by atoms with Crippen molar-refractivity contribution in [3.05, 3.63) is 142 Å². The number of ketones is 4. The Morgan fingerprint density at radius 1 is 0.467 bits per heavy atom. The van der Waals surface area contributed by atoms with Gasteiger partial charge in [0.2, 0.25) is 0 Å². The molecule has 0 saturated carbocycles. The highest BCUT2D eigenvalue weighted by Crippen LogP contribution is 2.45. The number of anilines is 6. The molecule has 0 bridgehead atoms. The van der Waals surface area contributed by atoms with E-state index in [0.29, 0.717) is 11.1 Å². The van der Waals surface area contributed by atoms with Crippen LogP contribution in [0, 0.1) is 0 Å². The molecule has 6 aromatic rings. The minimum atomic E-state index is -5.22. The molecule has 0 saturated heterocycles. The van der Waals surface area contributed by atoms with E-state index in [0.717, 1.165) is 12.1 Å². The summed E-state index contributed by atoms with van der Waals surface area (Å²) in [5.74, 6) is -2.26. The molecule has 18 heteroatoms. The van der Waals surface area contributed by atoms with Crippen molar-refractivity contribution >= 4 is 77.5 Å². The SMILES string of the molecule is COc1cc(Nc2cc(S(=O)(=O)[O-])c(N)c3c2C(=O)c2ccccc2C3=O)ccc1-c1ccc(Nc2cc(S(=O)(=O)[O-])c(N)c3c2C(=O)c2ccccc2C3=O)cc1OC. The summed E-state index contributed by atoms with van der Waals surface area (Å²) < 4.78 is 85.2. The first-order valence-electron chi connectivity index (χ1n) is 17.6. The normalized spacial score (nSPS) is 13.2. The van der Waals surface area contributed by atoms with Crippen LogP contribution in [-0.4, -0.2) is 63.3 Å². The Balaban J connectivity index is 1.18. The predicted octanol–water partition coefficient (Wildman–Crippen LogP) is 5.38. The highest BCUT2D eigenvalue weighted by atomic mass is 32.2. The number of hydrogen-bond acceptors (Lipinski definition) is 16. The van der Waals surface area contributed by atoms with Gasteiger partial charge in [0.05, 0.1) is 69.0 Å². The van der Waals surface area contributed by atoms with Crippen LogP contribution in [0.4, 0.5) is 34.1 Å². The molecule has 0 atom stereocenters. The average Bonchev–Trinajstić information content (AvgIpc) is 3.22. The molecule has 0 aliphatic heterocycles. The van der Waals surface area contributed by atoms with Crippen molar-refractivity contribution in [2.45, 2.75) is 9.79 Å². The van der Waals surface area contributed by atoms with Gasteiger partial charge < -0.3 is 40.7 Å². The second kappa shape index (κ2) is 14.2. The van der Waals surface area contributed by atoms with E-state index in [1.807, 2.05) is 0 Å². The molecule has 0 aromatic heterocycles. The first-order chi connectivity index (χ1) is 28.4. The molecule has 0 amide bonds. The number of carbonyl (C=O) groups is 4. The van der Waals surface area contributed by atoms with E-state index >= 15 is 0 Å². The van der Waals surface area contributed by atoms with Crippen LogP contribution < -0.4 is 31.6 Å². The molecule has 6 aromatic carbocycles. The van der Waals surface area contributed by atoms with Gasteiger partial charge in [-0.25, -0.2) is 16.8 Å². The van der Waals surface area contributed by atoms with Crippen LogP contribution in [0.1, 0.15) is 63.7 Å². The van der Waals surface area contributed by atoms with Crippen molar-refractivity contribution in [3.8, 4) is 22.6 Å². The lowest BCUT2D eigenvalue weighted by Gasteiger charge is -2.25. The van der Waals surface area contributed by atoms with E-state index in [1.54, 1.807) is 36.4 Å². The van der Waals surface area contributed by atoms with Gasteiger partial charge in [-0.3, -0.25) is 19.2 Å². The Labute approximate surface area is 341 Å². The second-order valence-corrected chi connectivity index (χ2v) is 16.3. The maximum Gasteiger partial charge on any atom is 0.196 e. The van der Waals surface area contributed by atoms with Crippen molar-refractivity contribution in [2.75, 3.05) is 36.3 Å². The van der Waals surface area contributed by atoms with Crippen molar-refractivity contribution in [2.24, 2.45) is 0 Å². The maximum absolute atomic E-state index is 13.8. The zero-order chi connectivity index (χ0) is 43.0. The van der Waals surface area contributed by atoms with Crippen molar-refractivity contribution < 1.29 is 54.6 Å². The van der Waals surface area contributed by atoms with Crippen molar-refractivity contribution in [1.82, 2.24) is 0 Å². The Kier molecular flexibility index (Phi) is 9.31. The summed E-state index contributed by atoms with van der Waals surface area (Å²) in [6.45, 7) is 0. The fourth-order valence-electron chi connectivity index (χ4n) is 7.49. The van der Waals surface area contributed by atoms with Crippen LogP contribution in [0.3, 0.4) is 0 Å². The Bertz CT molecular complexity index is 2970. The van der Waals surface area contributed by atoms with Crippen LogP contribution in [-0.2, 0) is 20.2 Å². The van der Waals surface area contributed by atoms with Gasteiger partial charge in [-0.1, -0.05) is 48.5 Å². The van der Waals surface area contributed by atoms with Gasteiger partial charge in [0, 0.05) is 56.9 Å². The summed E-state index contributed by atoms with van der Waals surface area (Å²) in [6.07, 6.45) is 0. The van der Waals surface area contributed by atoms with Crippen LogP contribution in [0.2, 0.25) is 0 Å². The summed E-state index contributed by atoms with van der Waals surface area (Å²) in [5.41, 5.74) is 10.7. The summed E-state index contributed by atoms with van der Waals surface area (Å²) in [6, 6.07) is 23.0. The number of nitrogens with two attached hydrogens (primary N) is 2. The lowest BCUT2D eigenvalue weighted by Crippen LogP contribution is -2.25. The lowest BCUT2D eigenvalue weighted by atomic mass is 9.82. The Morgan fingerprint density at radius 3 is 1.08 bits per heavy atom. The summed E-state index contributed by atoms with van der Waals surface area (Å²) in [7, 11) is -7.69. The van der Waals surface area contributed by atoms with Crippen LogP contribution in [0.15, 0.2) is 107 Å². The number of nitrogen functional groups attached to an aromatic ring is 2. The molecular formula is C42H28N4O12S2-2. The van der Waals surface area contributed by atoms with Gasteiger partial charge in [-0.15, -0.1) is 0 Å². The van der Waals surface area contributed by atoms with Crippen molar-refractivity contribution in [3.63, 3.8) is 0 Å². The number of benzene rings is 6. The first-order valence-corrected chi connectivity index (χ1v) is 20.4. The molecule has 8 rings (SSSR count). The maximum atomic E-state index is 13.8. The fourth-order valence-corrected chi connectivity index (χ4v) is 8.76. The molecular weight excluding hydrogens is 817 g/mol. The third-order valence-electron chi connectivity index (χ3n) is 10.2. The monoisotopic (exact) mass is 844 g/mol. The quantitative estimate of drug-likeness (QED) is 0.105. The van der Waals surface area contributed by atoms with Crippen molar-refractivity contribution in [1.29, 1.82) is 0 Å². The zero-order valence-electron chi connectivity index (χ0n) is 31.1. The highest BCUT2D eigenvalue weighted by molar-refractivity contribution is 7.86. The first kappa shape index (κ1) is 39.4. The standard InChI is InChI=1S/C42H30N4O12S2/c1-57-29-15-19(45-27-17-31(59(51,52)53)37(43)35-33(27)39(47)23-7-3-5-9-25(23)41(35)49)11-13-21(29)22-14-12-20(16-30(22)58-2)46-28-18-32(60(54,55)56)38(44)36-34(28)40(48)24-8-4-6-10-26(24)42(36)50/h3-18,45-46H,43-44H2,1-2H3,(H,51,52,53)(H,54,55,56)/p-2. The molecule has 60 heavy (non-hydrogen) atoms.